The van der Waals surface area contributed by atoms with E-state index in [9.17, 15) is 0 Å². The predicted molar refractivity (Wildman–Crippen MR) is 86.1 cm³/mol. The van der Waals surface area contributed by atoms with E-state index in [1.807, 2.05) is 12.1 Å². The molecule has 112 valence electrons. The maximum absolute atomic E-state index is 6.03. The minimum Gasteiger partial charge on any atom is -0.336 e. The first-order valence-electron chi connectivity index (χ1n) is 6.91. The number of halogens is 2. The highest BCUT2D eigenvalue weighted by molar-refractivity contribution is 6.35. The number of nitrogens with zero attached hydrogens (tertiary/aromatic N) is 3. The Morgan fingerprint density at radius 3 is 2.33 bits per heavy atom. The molecule has 0 spiro atoms. The topological polar surface area (TPSA) is 56.8 Å². The van der Waals surface area contributed by atoms with Crippen LogP contribution in [0.2, 0.25) is 10.0 Å². The van der Waals surface area contributed by atoms with Gasteiger partial charge in [0.2, 0.25) is 5.95 Å². The van der Waals surface area contributed by atoms with E-state index in [1.165, 1.54) is 0 Å². The zero-order chi connectivity index (χ0) is 15.0. The zero-order valence-corrected chi connectivity index (χ0v) is 13.4. The molecular formula is C14H17Cl2N5. The summed E-state index contributed by atoms with van der Waals surface area (Å²) in [5.74, 6) is 1.38. The van der Waals surface area contributed by atoms with Gasteiger partial charge in [0.05, 0.1) is 0 Å². The summed E-state index contributed by atoms with van der Waals surface area (Å²) in [5.41, 5.74) is 0.836. The number of hydrogen-bond acceptors (Lipinski definition) is 4. The number of hydrogen-bond donors (Lipinski definition) is 2. The summed E-state index contributed by atoms with van der Waals surface area (Å²) in [7, 11) is 0. The highest BCUT2D eigenvalue weighted by Gasteiger charge is 2.23. The van der Waals surface area contributed by atoms with Gasteiger partial charge in [0, 0.05) is 40.8 Å². The van der Waals surface area contributed by atoms with Crippen molar-refractivity contribution in [3.8, 4) is 11.4 Å². The second kappa shape index (κ2) is 5.83. The molecule has 0 saturated carbocycles. The number of rotatable bonds is 2. The van der Waals surface area contributed by atoms with Crippen molar-refractivity contribution in [1.29, 1.82) is 0 Å². The van der Waals surface area contributed by atoms with Gasteiger partial charge in [-0.25, -0.2) is 0 Å². The van der Waals surface area contributed by atoms with Gasteiger partial charge in [-0.2, -0.15) is 4.98 Å². The quantitative estimate of drug-likeness (QED) is 0.891. The van der Waals surface area contributed by atoms with Crippen molar-refractivity contribution < 1.29 is 0 Å². The minimum absolute atomic E-state index is 0.413. The van der Waals surface area contributed by atoms with Crippen LogP contribution < -0.4 is 10.2 Å². The van der Waals surface area contributed by atoms with Gasteiger partial charge in [-0.05, 0) is 32.0 Å². The van der Waals surface area contributed by atoms with E-state index < -0.39 is 0 Å². The predicted octanol–water partition coefficient (Wildman–Crippen LogP) is 2.97. The molecule has 1 aromatic carbocycles. The summed E-state index contributed by atoms with van der Waals surface area (Å²) in [5, 5.41) is 11.9. The lowest BCUT2D eigenvalue weighted by atomic mass is 10.1. The lowest BCUT2D eigenvalue weighted by Crippen LogP contribution is -2.54. The molecule has 0 bridgehead atoms. The molecule has 7 heteroatoms. The molecule has 0 radical (unpaired) electrons. The van der Waals surface area contributed by atoms with Gasteiger partial charge in [-0.1, -0.05) is 23.2 Å². The first-order chi connectivity index (χ1) is 10.0. The van der Waals surface area contributed by atoms with E-state index in [1.54, 1.807) is 6.07 Å². The average Bonchev–Trinajstić information content (AvgIpc) is 2.85. The van der Waals surface area contributed by atoms with Gasteiger partial charge in [0.15, 0.2) is 5.82 Å². The molecule has 1 aliphatic heterocycles. The van der Waals surface area contributed by atoms with E-state index in [-0.39, 0.29) is 0 Å². The third kappa shape index (κ3) is 3.31. The van der Waals surface area contributed by atoms with Crippen molar-refractivity contribution in [3.05, 3.63) is 28.2 Å². The molecule has 0 amide bonds. The summed E-state index contributed by atoms with van der Waals surface area (Å²) in [6.45, 7) is 6.09. The Kier molecular flexibility index (Phi) is 4.06. The molecule has 2 heterocycles. The Balaban J connectivity index is 1.86. The molecule has 1 fully saturated rings. The number of aromatic nitrogens is 3. The standard InChI is InChI=1S/C14H17Cl2N5/c1-8-6-21(7-9(2)17-8)14-18-13(19-20-14)10-3-11(15)5-12(16)4-10/h3-5,8-9,17H,6-7H2,1-2H3,(H,18,19,20). The molecule has 2 atom stereocenters. The van der Waals surface area contributed by atoms with E-state index in [2.05, 4.69) is 39.2 Å². The van der Waals surface area contributed by atoms with Crippen LogP contribution in [0.3, 0.4) is 0 Å². The molecule has 0 aliphatic carbocycles. The zero-order valence-electron chi connectivity index (χ0n) is 11.9. The van der Waals surface area contributed by atoms with Gasteiger partial charge in [-0.15, -0.1) is 5.10 Å². The van der Waals surface area contributed by atoms with Gasteiger partial charge < -0.3 is 10.2 Å². The fourth-order valence-corrected chi connectivity index (χ4v) is 3.23. The van der Waals surface area contributed by atoms with Crippen molar-refractivity contribution in [2.24, 2.45) is 0 Å². The van der Waals surface area contributed by atoms with Crippen molar-refractivity contribution in [2.45, 2.75) is 25.9 Å². The lowest BCUT2D eigenvalue weighted by Gasteiger charge is -2.35. The second-order valence-corrected chi connectivity index (χ2v) is 6.39. The van der Waals surface area contributed by atoms with Crippen LogP contribution in [0.5, 0.6) is 0 Å². The smallest absolute Gasteiger partial charge is 0.245 e. The highest BCUT2D eigenvalue weighted by atomic mass is 35.5. The Morgan fingerprint density at radius 1 is 1.10 bits per heavy atom. The second-order valence-electron chi connectivity index (χ2n) is 5.52. The number of piperazine rings is 1. The summed E-state index contributed by atoms with van der Waals surface area (Å²) in [6, 6.07) is 6.16. The molecule has 2 N–H and O–H groups in total. The molecular weight excluding hydrogens is 309 g/mol. The van der Waals surface area contributed by atoms with Crippen molar-refractivity contribution in [1.82, 2.24) is 20.5 Å². The first-order valence-corrected chi connectivity index (χ1v) is 7.66. The number of H-pyrrole nitrogens is 1. The molecule has 1 aliphatic rings. The number of anilines is 1. The van der Waals surface area contributed by atoms with Crippen LogP contribution in [0.4, 0.5) is 5.95 Å². The fraction of sp³-hybridized carbons (Fsp3) is 0.429. The molecule has 21 heavy (non-hydrogen) atoms. The van der Waals surface area contributed by atoms with Crippen molar-refractivity contribution in [3.63, 3.8) is 0 Å². The van der Waals surface area contributed by atoms with Crippen LogP contribution in [0.15, 0.2) is 18.2 Å². The Bertz CT molecular complexity index is 612. The Morgan fingerprint density at radius 2 is 1.71 bits per heavy atom. The third-order valence-corrected chi connectivity index (χ3v) is 3.89. The molecule has 1 saturated heterocycles. The monoisotopic (exact) mass is 325 g/mol. The van der Waals surface area contributed by atoms with Crippen molar-refractivity contribution >= 4 is 29.2 Å². The van der Waals surface area contributed by atoms with Gasteiger partial charge >= 0.3 is 0 Å². The molecule has 3 rings (SSSR count). The van der Waals surface area contributed by atoms with Crippen LogP contribution in [0.1, 0.15) is 13.8 Å². The van der Waals surface area contributed by atoms with E-state index in [0.717, 1.165) is 18.7 Å². The summed E-state index contributed by atoms with van der Waals surface area (Å²) < 4.78 is 0. The van der Waals surface area contributed by atoms with Crippen LogP contribution >= 0.6 is 23.2 Å². The van der Waals surface area contributed by atoms with Crippen LogP contribution in [-0.4, -0.2) is 40.4 Å². The Hall–Kier alpha value is -1.30. The largest absolute Gasteiger partial charge is 0.336 e. The van der Waals surface area contributed by atoms with Gasteiger partial charge in [-0.3, -0.25) is 5.10 Å². The van der Waals surface area contributed by atoms with E-state index in [4.69, 9.17) is 23.2 Å². The Labute approximate surface area is 133 Å². The molecule has 2 unspecified atom stereocenters. The fourth-order valence-electron chi connectivity index (χ4n) is 2.70. The summed E-state index contributed by atoms with van der Waals surface area (Å²) >= 11 is 12.1. The number of benzene rings is 1. The maximum atomic E-state index is 6.03. The molecule has 5 nitrogen and oxygen atoms in total. The summed E-state index contributed by atoms with van der Waals surface area (Å²) in [6.07, 6.45) is 0. The SMILES string of the molecule is CC1CN(c2n[nH]c(-c3cc(Cl)cc(Cl)c3)n2)CC(C)N1. The number of nitrogens with one attached hydrogen (secondary N) is 2. The molecule has 1 aromatic heterocycles. The molecule has 2 aromatic rings. The first kappa shape index (κ1) is 14.6. The van der Waals surface area contributed by atoms with Crippen LogP contribution in [0, 0.1) is 0 Å². The number of aromatic amines is 1. The highest BCUT2D eigenvalue weighted by Crippen LogP contribution is 2.26. The van der Waals surface area contributed by atoms with Gasteiger partial charge in [0.25, 0.3) is 0 Å². The average molecular weight is 326 g/mol. The van der Waals surface area contributed by atoms with Crippen molar-refractivity contribution in [2.75, 3.05) is 18.0 Å². The summed E-state index contributed by atoms with van der Waals surface area (Å²) in [4.78, 5) is 6.75. The lowest BCUT2D eigenvalue weighted by molar-refractivity contribution is 0.403. The van der Waals surface area contributed by atoms with E-state index >= 15 is 0 Å². The van der Waals surface area contributed by atoms with Gasteiger partial charge in [0.1, 0.15) is 0 Å². The van der Waals surface area contributed by atoms with Crippen LogP contribution in [0.25, 0.3) is 11.4 Å². The normalized spacial score (nSPS) is 22.6. The maximum Gasteiger partial charge on any atom is 0.245 e. The van der Waals surface area contributed by atoms with Crippen LogP contribution in [-0.2, 0) is 0 Å². The van der Waals surface area contributed by atoms with E-state index in [0.29, 0.717) is 33.9 Å². The minimum atomic E-state index is 0.413. The third-order valence-electron chi connectivity index (χ3n) is 3.45.